The van der Waals surface area contributed by atoms with E-state index in [1.54, 1.807) is 0 Å². The van der Waals surface area contributed by atoms with Crippen molar-refractivity contribution in [3.05, 3.63) is 58.1 Å². The molecule has 104 valence electrons. The minimum absolute atomic E-state index is 0.321. The number of rotatable bonds is 4. The molecule has 0 atom stereocenters. The normalized spacial score (nSPS) is 10.6. The summed E-state index contributed by atoms with van der Waals surface area (Å²) in [5.41, 5.74) is 7.70. The Kier molecular flexibility index (Phi) is 4.78. The summed E-state index contributed by atoms with van der Waals surface area (Å²) in [6.45, 7) is 4.30. The third-order valence-electron chi connectivity index (χ3n) is 2.96. The molecule has 0 amide bonds. The molecule has 0 aromatic heterocycles. The predicted molar refractivity (Wildman–Crippen MR) is 90.6 cm³/mol. The number of benzene rings is 2. The summed E-state index contributed by atoms with van der Waals surface area (Å²) in [6, 6.07) is 13.7. The number of nitrogens with two attached hydrogens (primary N) is 1. The molecule has 2 nitrogen and oxygen atoms in total. The van der Waals surface area contributed by atoms with Gasteiger partial charge in [-0.1, -0.05) is 54.1 Å². The molecule has 0 saturated heterocycles. The molecule has 0 fully saturated rings. The molecule has 0 aliphatic rings. The van der Waals surface area contributed by atoms with Crippen LogP contribution in [0.1, 0.15) is 30.9 Å². The Morgan fingerprint density at radius 1 is 1.20 bits per heavy atom. The first-order valence-corrected chi connectivity index (χ1v) is 7.54. The largest absolute Gasteiger partial charge is 0.457 e. The molecule has 0 unspecified atom stereocenters. The molecule has 0 bridgehead atoms. The highest BCUT2D eigenvalue weighted by Gasteiger charge is 2.09. The SMILES string of the molecule is CC(C)c1cccc(Oc2ccc(Br)cc2C(N)=S)c1. The van der Waals surface area contributed by atoms with E-state index >= 15 is 0 Å². The fourth-order valence-corrected chi connectivity index (χ4v) is 2.37. The van der Waals surface area contributed by atoms with Crippen LogP contribution >= 0.6 is 28.1 Å². The van der Waals surface area contributed by atoms with Crippen molar-refractivity contribution in [3.63, 3.8) is 0 Å². The average molecular weight is 350 g/mol. The Bertz CT molecular complexity index is 640. The van der Waals surface area contributed by atoms with Gasteiger partial charge in [-0.15, -0.1) is 0 Å². The lowest BCUT2D eigenvalue weighted by atomic mass is 10.0. The maximum atomic E-state index is 5.93. The maximum absolute atomic E-state index is 5.93. The third-order valence-corrected chi connectivity index (χ3v) is 3.67. The Labute approximate surface area is 133 Å². The summed E-state index contributed by atoms with van der Waals surface area (Å²) in [6.07, 6.45) is 0. The number of halogens is 1. The van der Waals surface area contributed by atoms with E-state index in [0.717, 1.165) is 15.8 Å². The van der Waals surface area contributed by atoms with E-state index in [9.17, 15) is 0 Å². The van der Waals surface area contributed by atoms with E-state index in [0.29, 0.717) is 16.7 Å². The first-order chi connectivity index (χ1) is 9.47. The van der Waals surface area contributed by atoms with Crippen LogP contribution in [0.3, 0.4) is 0 Å². The van der Waals surface area contributed by atoms with Crippen LogP contribution in [0.5, 0.6) is 11.5 Å². The number of hydrogen-bond donors (Lipinski definition) is 1. The molecular formula is C16H16BrNOS. The van der Waals surface area contributed by atoms with E-state index in [2.05, 4.69) is 35.8 Å². The lowest BCUT2D eigenvalue weighted by Gasteiger charge is -2.12. The van der Waals surface area contributed by atoms with Crippen LogP contribution in [0.4, 0.5) is 0 Å². The van der Waals surface area contributed by atoms with Crippen molar-refractivity contribution in [2.24, 2.45) is 5.73 Å². The Balaban J connectivity index is 2.35. The molecule has 2 aromatic carbocycles. The highest BCUT2D eigenvalue weighted by molar-refractivity contribution is 9.10. The molecule has 0 aliphatic heterocycles. The molecule has 0 radical (unpaired) electrons. The van der Waals surface area contributed by atoms with Crippen LogP contribution in [0, 0.1) is 0 Å². The molecule has 0 aliphatic carbocycles. The van der Waals surface area contributed by atoms with Crippen LogP contribution in [0.15, 0.2) is 46.9 Å². The standard InChI is InChI=1S/C16H16BrNOS/c1-10(2)11-4-3-5-13(8-11)19-15-7-6-12(17)9-14(15)16(18)20/h3-10H,1-2H3,(H2,18,20). The Hall–Kier alpha value is -1.39. The van der Waals surface area contributed by atoms with Gasteiger partial charge in [0.2, 0.25) is 0 Å². The summed E-state index contributed by atoms with van der Waals surface area (Å²) in [7, 11) is 0. The second-order valence-electron chi connectivity index (χ2n) is 4.83. The van der Waals surface area contributed by atoms with Gasteiger partial charge < -0.3 is 10.5 Å². The van der Waals surface area contributed by atoms with Gasteiger partial charge in [0.15, 0.2) is 0 Å². The van der Waals surface area contributed by atoms with Gasteiger partial charge in [-0.3, -0.25) is 0 Å². The van der Waals surface area contributed by atoms with Crippen molar-refractivity contribution in [1.82, 2.24) is 0 Å². The number of ether oxygens (including phenoxy) is 1. The van der Waals surface area contributed by atoms with Gasteiger partial charge in [0, 0.05) is 4.47 Å². The fraction of sp³-hybridized carbons (Fsp3) is 0.188. The molecular weight excluding hydrogens is 334 g/mol. The zero-order valence-corrected chi connectivity index (χ0v) is 13.8. The van der Waals surface area contributed by atoms with Gasteiger partial charge in [-0.05, 0) is 41.8 Å². The van der Waals surface area contributed by atoms with Gasteiger partial charge in [0.05, 0.1) is 5.56 Å². The summed E-state index contributed by atoms with van der Waals surface area (Å²) >= 11 is 8.48. The fourth-order valence-electron chi connectivity index (χ4n) is 1.85. The molecule has 2 aromatic rings. The maximum Gasteiger partial charge on any atom is 0.137 e. The molecule has 2 rings (SSSR count). The van der Waals surface area contributed by atoms with Crippen molar-refractivity contribution in [2.75, 3.05) is 0 Å². The first-order valence-electron chi connectivity index (χ1n) is 6.34. The van der Waals surface area contributed by atoms with E-state index in [4.69, 9.17) is 22.7 Å². The molecule has 2 N–H and O–H groups in total. The molecule has 0 spiro atoms. The van der Waals surface area contributed by atoms with Gasteiger partial charge in [-0.2, -0.15) is 0 Å². The Morgan fingerprint density at radius 3 is 2.60 bits per heavy atom. The minimum atomic E-state index is 0.321. The van der Waals surface area contributed by atoms with Crippen molar-refractivity contribution in [3.8, 4) is 11.5 Å². The van der Waals surface area contributed by atoms with Gasteiger partial charge in [0.25, 0.3) is 0 Å². The van der Waals surface area contributed by atoms with E-state index in [1.807, 2.05) is 36.4 Å². The second kappa shape index (κ2) is 6.37. The summed E-state index contributed by atoms with van der Waals surface area (Å²) in [4.78, 5) is 0.321. The smallest absolute Gasteiger partial charge is 0.137 e. The van der Waals surface area contributed by atoms with Crippen LogP contribution in [0.25, 0.3) is 0 Å². The highest BCUT2D eigenvalue weighted by atomic mass is 79.9. The van der Waals surface area contributed by atoms with Gasteiger partial charge in [-0.25, -0.2) is 0 Å². The second-order valence-corrected chi connectivity index (χ2v) is 6.19. The summed E-state index contributed by atoms with van der Waals surface area (Å²) in [5.74, 6) is 1.91. The number of hydrogen-bond acceptors (Lipinski definition) is 2. The quantitative estimate of drug-likeness (QED) is 0.788. The number of thiocarbonyl (C=S) groups is 1. The highest BCUT2D eigenvalue weighted by Crippen LogP contribution is 2.29. The van der Waals surface area contributed by atoms with Crippen LogP contribution in [-0.2, 0) is 0 Å². The third kappa shape index (κ3) is 3.58. The monoisotopic (exact) mass is 349 g/mol. The van der Waals surface area contributed by atoms with Gasteiger partial charge in [0.1, 0.15) is 16.5 Å². The van der Waals surface area contributed by atoms with Crippen molar-refractivity contribution < 1.29 is 4.74 Å². The van der Waals surface area contributed by atoms with Crippen molar-refractivity contribution in [2.45, 2.75) is 19.8 Å². The minimum Gasteiger partial charge on any atom is -0.457 e. The molecule has 20 heavy (non-hydrogen) atoms. The molecule has 0 heterocycles. The van der Waals surface area contributed by atoms with E-state index in [-0.39, 0.29) is 0 Å². The summed E-state index contributed by atoms with van der Waals surface area (Å²) in [5, 5.41) is 0. The van der Waals surface area contributed by atoms with Crippen molar-refractivity contribution in [1.29, 1.82) is 0 Å². The van der Waals surface area contributed by atoms with Crippen molar-refractivity contribution >= 4 is 33.1 Å². The molecule has 0 saturated carbocycles. The Morgan fingerprint density at radius 2 is 1.95 bits per heavy atom. The first kappa shape index (κ1) is 15.0. The molecule has 4 heteroatoms. The van der Waals surface area contributed by atoms with Crippen LogP contribution in [0.2, 0.25) is 0 Å². The predicted octanol–water partition coefficient (Wildman–Crippen LogP) is 5.00. The topological polar surface area (TPSA) is 35.2 Å². The van der Waals surface area contributed by atoms with Gasteiger partial charge >= 0.3 is 0 Å². The van der Waals surface area contributed by atoms with E-state index < -0.39 is 0 Å². The van der Waals surface area contributed by atoms with Crippen LogP contribution < -0.4 is 10.5 Å². The van der Waals surface area contributed by atoms with E-state index in [1.165, 1.54) is 5.56 Å². The zero-order valence-electron chi connectivity index (χ0n) is 11.4. The lowest BCUT2D eigenvalue weighted by molar-refractivity contribution is 0.480. The average Bonchev–Trinajstić information content (AvgIpc) is 2.41. The zero-order chi connectivity index (χ0) is 14.7. The van der Waals surface area contributed by atoms with Crippen LogP contribution in [-0.4, -0.2) is 4.99 Å². The lowest BCUT2D eigenvalue weighted by Crippen LogP contribution is -2.10. The summed E-state index contributed by atoms with van der Waals surface area (Å²) < 4.78 is 6.85.